The van der Waals surface area contributed by atoms with Crippen molar-refractivity contribution in [3.05, 3.63) is 35.9 Å². The summed E-state index contributed by atoms with van der Waals surface area (Å²) in [7, 11) is -0.102. The fourth-order valence-corrected chi connectivity index (χ4v) is 1.78. The van der Waals surface area contributed by atoms with E-state index in [0.29, 0.717) is 6.42 Å². The molecule has 0 aliphatic carbocycles. The molecule has 1 atom stereocenters. The molecular formula is C12H14O2P. The maximum atomic E-state index is 10.4. The molecular weight excluding hydrogens is 207 g/mol. The lowest BCUT2D eigenvalue weighted by molar-refractivity contribution is 0.541. The third kappa shape index (κ3) is 4.85. The van der Waals surface area contributed by atoms with Crippen molar-refractivity contribution in [2.24, 2.45) is 0 Å². The van der Waals surface area contributed by atoms with E-state index in [0.717, 1.165) is 19.3 Å². The Bertz CT molecular complexity index is 290. The van der Waals surface area contributed by atoms with Gasteiger partial charge in [0.15, 0.2) is 8.46 Å². The van der Waals surface area contributed by atoms with Crippen LogP contribution in [0, 0.1) is 0 Å². The second-order valence-electron chi connectivity index (χ2n) is 3.47. The lowest BCUT2D eigenvalue weighted by Gasteiger charge is -2.01. The number of hydrogen-bond acceptors (Lipinski definition) is 2. The average Bonchev–Trinajstić information content (AvgIpc) is 2.31. The van der Waals surface area contributed by atoms with Crippen LogP contribution in [0.3, 0.4) is 0 Å². The quantitative estimate of drug-likeness (QED) is 0.523. The third-order valence-electron chi connectivity index (χ3n) is 2.30. The molecule has 79 valence electrons. The van der Waals surface area contributed by atoms with Crippen molar-refractivity contribution in [2.45, 2.75) is 31.3 Å². The summed E-state index contributed by atoms with van der Waals surface area (Å²) < 4.78 is 10.4. The number of benzene rings is 1. The van der Waals surface area contributed by atoms with Gasteiger partial charge >= 0.3 is 0 Å². The molecule has 1 aromatic carbocycles. The molecule has 3 heteroatoms. The van der Waals surface area contributed by atoms with E-state index in [1.54, 1.807) is 6.29 Å². The summed E-state index contributed by atoms with van der Waals surface area (Å²) in [5.41, 5.74) is 0.879. The highest BCUT2D eigenvalue weighted by Crippen LogP contribution is 2.13. The molecule has 0 aliphatic heterocycles. The predicted octanol–water partition coefficient (Wildman–Crippen LogP) is 3.17. The maximum absolute atomic E-state index is 10.4. The Hall–Kier alpha value is -1.01. The van der Waals surface area contributed by atoms with Gasteiger partial charge < -0.3 is 0 Å². The standard InChI is InChI=1S/C12H14O2P/c13-10-12(15-14)9-5-4-8-11-6-2-1-3-7-11/h1-3,6-7,12H,4-5,8-9H2. The molecule has 1 aromatic rings. The number of unbranched alkanes of at least 4 members (excludes halogenated alkanes) is 1. The first-order valence-electron chi connectivity index (χ1n) is 5.11. The van der Waals surface area contributed by atoms with Crippen LogP contribution in [0.2, 0.25) is 0 Å². The van der Waals surface area contributed by atoms with Crippen LogP contribution in [-0.4, -0.2) is 11.9 Å². The maximum Gasteiger partial charge on any atom is 0.214 e. The van der Waals surface area contributed by atoms with Crippen LogP contribution in [0.4, 0.5) is 0 Å². The van der Waals surface area contributed by atoms with Gasteiger partial charge in [-0.3, -0.25) is 9.36 Å². The highest BCUT2D eigenvalue weighted by Gasteiger charge is 2.06. The van der Waals surface area contributed by atoms with Crippen molar-refractivity contribution in [3.8, 4) is 0 Å². The Kier molecular flexibility index (Phi) is 5.87. The first kappa shape index (κ1) is 12.1. The highest BCUT2D eigenvalue weighted by atomic mass is 31.1. The Morgan fingerprint density at radius 2 is 1.93 bits per heavy atom. The van der Waals surface area contributed by atoms with E-state index in [4.69, 9.17) is 0 Å². The molecule has 0 N–H and O–H groups in total. The number of hydrogen-bond donors (Lipinski definition) is 0. The Morgan fingerprint density at radius 1 is 1.20 bits per heavy atom. The van der Waals surface area contributed by atoms with Gasteiger partial charge in [0.25, 0.3) is 0 Å². The molecule has 0 fully saturated rings. The monoisotopic (exact) mass is 221 g/mol. The zero-order valence-electron chi connectivity index (χ0n) is 8.56. The van der Waals surface area contributed by atoms with Crippen molar-refractivity contribution < 1.29 is 9.36 Å². The molecule has 15 heavy (non-hydrogen) atoms. The molecule has 0 aliphatic rings. The van der Waals surface area contributed by atoms with Gasteiger partial charge in [-0.25, -0.2) is 0 Å². The fourth-order valence-electron chi connectivity index (χ4n) is 1.44. The van der Waals surface area contributed by atoms with Crippen LogP contribution >= 0.6 is 8.46 Å². The molecule has 2 nitrogen and oxygen atoms in total. The minimum atomic E-state index is -0.430. The topological polar surface area (TPSA) is 34.1 Å². The normalized spacial score (nSPS) is 12.5. The van der Waals surface area contributed by atoms with Crippen molar-refractivity contribution in [3.63, 3.8) is 0 Å². The SMILES string of the molecule is O=[C]C(CCCCc1ccccc1)P=O. The van der Waals surface area contributed by atoms with Crippen LogP contribution in [0.1, 0.15) is 24.8 Å². The second-order valence-corrected chi connectivity index (χ2v) is 4.30. The average molecular weight is 221 g/mol. The van der Waals surface area contributed by atoms with Crippen LogP contribution in [0.5, 0.6) is 0 Å². The van der Waals surface area contributed by atoms with Crippen molar-refractivity contribution >= 4 is 14.7 Å². The Morgan fingerprint density at radius 3 is 2.53 bits per heavy atom. The summed E-state index contributed by atoms with van der Waals surface area (Å²) in [6, 6.07) is 10.2. The third-order valence-corrected chi connectivity index (χ3v) is 2.92. The Labute approximate surface area is 91.9 Å². The number of carbonyl (C=O) groups excluding carboxylic acids is 1. The zero-order valence-corrected chi connectivity index (χ0v) is 9.45. The minimum Gasteiger partial charge on any atom is -0.290 e. The summed E-state index contributed by atoms with van der Waals surface area (Å²) in [5.74, 6) is 0. The van der Waals surface area contributed by atoms with Gasteiger partial charge in [-0.2, -0.15) is 0 Å². The van der Waals surface area contributed by atoms with Gasteiger partial charge in [-0.15, -0.1) is 0 Å². The van der Waals surface area contributed by atoms with Crippen LogP contribution in [0.15, 0.2) is 30.3 Å². The van der Waals surface area contributed by atoms with Crippen LogP contribution in [-0.2, 0) is 15.8 Å². The first-order valence-corrected chi connectivity index (χ1v) is 5.99. The van der Waals surface area contributed by atoms with E-state index in [1.807, 2.05) is 18.2 Å². The molecule has 0 saturated heterocycles. The van der Waals surface area contributed by atoms with Gasteiger partial charge in [-0.1, -0.05) is 36.8 Å². The summed E-state index contributed by atoms with van der Waals surface area (Å²) in [4.78, 5) is 10.3. The van der Waals surface area contributed by atoms with Crippen molar-refractivity contribution in [1.29, 1.82) is 0 Å². The first-order chi connectivity index (χ1) is 7.36. The number of aryl methyl sites for hydroxylation is 1. The molecule has 1 radical (unpaired) electrons. The molecule has 0 heterocycles. The second kappa shape index (κ2) is 7.30. The predicted molar refractivity (Wildman–Crippen MR) is 61.1 cm³/mol. The molecule has 1 unspecified atom stereocenters. The molecule has 1 rings (SSSR count). The molecule has 0 aromatic heterocycles. The van der Waals surface area contributed by atoms with Gasteiger partial charge in [0.1, 0.15) is 5.66 Å². The van der Waals surface area contributed by atoms with Crippen molar-refractivity contribution in [2.75, 3.05) is 0 Å². The van der Waals surface area contributed by atoms with Gasteiger partial charge in [0.05, 0.1) is 0 Å². The van der Waals surface area contributed by atoms with E-state index < -0.39 is 5.66 Å². The van der Waals surface area contributed by atoms with Gasteiger partial charge in [0, 0.05) is 0 Å². The molecule has 0 bridgehead atoms. The van der Waals surface area contributed by atoms with E-state index in [-0.39, 0.29) is 8.46 Å². The lowest BCUT2D eigenvalue weighted by Crippen LogP contribution is -1.99. The fraction of sp³-hybridized carbons (Fsp3) is 0.417. The lowest BCUT2D eigenvalue weighted by atomic mass is 10.1. The van der Waals surface area contributed by atoms with E-state index >= 15 is 0 Å². The number of rotatable bonds is 7. The largest absolute Gasteiger partial charge is 0.290 e. The molecule has 0 saturated carbocycles. The zero-order chi connectivity index (χ0) is 10.9. The molecule has 0 spiro atoms. The molecule has 0 amide bonds. The summed E-state index contributed by atoms with van der Waals surface area (Å²) in [6.45, 7) is 0. The van der Waals surface area contributed by atoms with Crippen LogP contribution in [0.25, 0.3) is 0 Å². The van der Waals surface area contributed by atoms with E-state index in [1.165, 1.54) is 5.56 Å². The van der Waals surface area contributed by atoms with Gasteiger partial charge in [-0.05, 0) is 24.8 Å². The Balaban J connectivity index is 2.17. The van der Waals surface area contributed by atoms with E-state index in [9.17, 15) is 9.36 Å². The highest BCUT2D eigenvalue weighted by molar-refractivity contribution is 7.26. The van der Waals surface area contributed by atoms with Gasteiger partial charge in [0.2, 0.25) is 6.29 Å². The minimum absolute atomic E-state index is 0.102. The van der Waals surface area contributed by atoms with E-state index in [2.05, 4.69) is 12.1 Å². The van der Waals surface area contributed by atoms with Crippen LogP contribution < -0.4 is 0 Å². The smallest absolute Gasteiger partial charge is 0.214 e. The summed E-state index contributed by atoms with van der Waals surface area (Å²) >= 11 is 0. The summed E-state index contributed by atoms with van der Waals surface area (Å²) in [5, 5.41) is 0. The van der Waals surface area contributed by atoms with Crippen molar-refractivity contribution in [1.82, 2.24) is 0 Å². The summed E-state index contributed by atoms with van der Waals surface area (Å²) in [6.07, 6.45) is 5.41.